The van der Waals surface area contributed by atoms with Crippen molar-refractivity contribution in [3.63, 3.8) is 0 Å². The second-order valence-electron chi connectivity index (χ2n) is 5.29. The molecule has 0 atom stereocenters. The van der Waals surface area contributed by atoms with Gasteiger partial charge in [0.25, 0.3) is 5.91 Å². The fourth-order valence-electron chi connectivity index (χ4n) is 2.30. The van der Waals surface area contributed by atoms with E-state index in [0.29, 0.717) is 18.8 Å². The number of benzene rings is 1. The van der Waals surface area contributed by atoms with Gasteiger partial charge in [-0.15, -0.1) is 0 Å². The third-order valence-electron chi connectivity index (χ3n) is 3.45. The highest BCUT2D eigenvalue weighted by molar-refractivity contribution is 5.95. The molecular formula is C14H19FN2O2. The standard InChI is InChI=1S/C14H19FN2O2/c1-14(2)9-16-6-7-17(14)13(18)11-5-4-10(19-3)8-12(11)15/h4-5,8,16H,6-7,9H2,1-3H3. The molecule has 0 aliphatic carbocycles. The lowest BCUT2D eigenvalue weighted by molar-refractivity contribution is 0.0473. The lowest BCUT2D eigenvalue weighted by atomic mass is 9.98. The molecule has 0 saturated carbocycles. The average molecular weight is 266 g/mol. The van der Waals surface area contributed by atoms with Gasteiger partial charge in [0.1, 0.15) is 11.6 Å². The van der Waals surface area contributed by atoms with Gasteiger partial charge in [0.2, 0.25) is 0 Å². The van der Waals surface area contributed by atoms with Gasteiger partial charge in [-0.2, -0.15) is 0 Å². The van der Waals surface area contributed by atoms with E-state index in [1.807, 2.05) is 13.8 Å². The number of amides is 1. The first kappa shape index (κ1) is 13.8. The van der Waals surface area contributed by atoms with Gasteiger partial charge in [-0.1, -0.05) is 0 Å². The predicted molar refractivity (Wildman–Crippen MR) is 70.9 cm³/mol. The minimum Gasteiger partial charge on any atom is -0.497 e. The Morgan fingerprint density at radius 1 is 1.47 bits per heavy atom. The van der Waals surface area contributed by atoms with E-state index in [4.69, 9.17) is 4.74 Å². The molecule has 1 aromatic rings. The van der Waals surface area contributed by atoms with Crippen molar-refractivity contribution in [3.05, 3.63) is 29.6 Å². The van der Waals surface area contributed by atoms with Gasteiger partial charge >= 0.3 is 0 Å². The number of methoxy groups -OCH3 is 1. The van der Waals surface area contributed by atoms with Gasteiger partial charge in [0, 0.05) is 25.7 Å². The van der Waals surface area contributed by atoms with E-state index < -0.39 is 5.82 Å². The van der Waals surface area contributed by atoms with E-state index >= 15 is 0 Å². The Morgan fingerprint density at radius 3 is 2.79 bits per heavy atom. The first-order chi connectivity index (χ1) is 8.95. The summed E-state index contributed by atoms with van der Waals surface area (Å²) >= 11 is 0. The van der Waals surface area contributed by atoms with E-state index in [1.54, 1.807) is 11.0 Å². The lowest BCUT2D eigenvalue weighted by Gasteiger charge is -2.42. The molecule has 1 heterocycles. The number of nitrogens with zero attached hydrogens (tertiary/aromatic N) is 1. The number of halogens is 1. The zero-order valence-corrected chi connectivity index (χ0v) is 11.5. The molecule has 2 rings (SSSR count). The molecule has 0 aromatic heterocycles. The van der Waals surface area contributed by atoms with Crippen LogP contribution < -0.4 is 10.1 Å². The van der Waals surface area contributed by atoms with Gasteiger partial charge in [-0.05, 0) is 26.0 Å². The van der Waals surface area contributed by atoms with Crippen molar-refractivity contribution >= 4 is 5.91 Å². The van der Waals surface area contributed by atoms with Crippen LogP contribution in [0.2, 0.25) is 0 Å². The van der Waals surface area contributed by atoms with Crippen LogP contribution in [0, 0.1) is 5.82 Å². The minimum absolute atomic E-state index is 0.0933. The molecule has 0 radical (unpaired) electrons. The summed E-state index contributed by atoms with van der Waals surface area (Å²) < 4.78 is 18.9. The predicted octanol–water partition coefficient (Wildman–Crippen LogP) is 1.66. The van der Waals surface area contributed by atoms with E-state index in [2.05, 4.69) is 5.32 Å². The zero-order valence-electron chi connectivity index (χ0n) is 11.5. The second kappa shape index (κ2) is 5.17. The molecule has 1 saturated heterocycles. The average Bonchev–Trinajstić information content (AvgIpc) is 2.37. The van der Waals surface area contributed by atoms with Crippen LogP contribution in [-0.2, 0) is 0 Å². The summed E-state index contributed by atoms with van der Waals surface area (Å²) in [5.41, 5.74) is -0.224. The number of carbonyl (C=O) groups is 1. The summed E-state index contributed by atoms with van der Waals surface area (Å²) in [6.45, 7) is 5.96. The van der Waals surface area contributed by atoms with Crippen molar-refractivity contribution in [2.45, 2.75) is 19.4 Å². The number of hydrogen-bond donors (Lipinski definition) is 1. The van der Waals surface area contributed by atoms with Gasteiger partial charge in [0.05, 0.1) is 18.2 Å². The number of ether oxygens (including phenoxy) is 1. The fraction of sp³-hybridized carbons (Fsp3) is 0.500. The van der Waals surface area contributed by atoms with Crippen molar-refractivity contribution in [3.8, 4) is 5.75 Å². The molecule has 19 heavy (non-hydrogen) atoms. The monoisotopic (exact) mass is 266 g/mol. The molecule has 1 aliphatic heterocycles. The maximum Gasteiger partial charge on any atom is 0.257 e. The molecule has 5 heteroatoms. The summed E-state index contributed by atoms with van der Waals surface area (Å²) in [4.78, 5) is 14.2. The van der Waals surface area contributed by atoms with Crippen LogP contribution >= 0.6 is 0 Å². The molecule has 4 nitrogen and oxygen atoms in total. The first-order valence-electron chi connectivity index (χ1n) is 6.32. The summed E-state index contributed by atoms with van der Waals surface area (Å²) in [5.74, 6) is -0.404. The van der Waals surface area contributed by atoms with Crippen molar-refractivity contribution in [1.82, 2.24) is 10.2 Å². The molecular weight excluding hydrogens is 247 g/mol. The van der Waals surface area contributed by atoms with Crippen molar-refractivity contribution in [1.29, 1.82) is 0 Å². The van der Waals surface area contributed by atoms with E-state index in [0.717, 1.165) is 6.54 Å². The number of piperazine rings is 1. The minimum atomic E-state index is -0.543. The van der Waals surface area contributed by atoms with E-state index in [1.165, 1.54) is 19.2 Å². The van der Waals surface area contributed by atoms with E-state index in [9.17, 15) is 9.18 Å². The smallest absolute Gasteiger partial charge is 0.257 e. The van der Waals surface area contributed by atoms with Crippen LogP contribution in [0.25, 0.3) is 0 Å². The number of hydrogen-bond acceptors (Lipinski definition) is 3. The molecule has 1 fully saturated rings. The lowest BCUT2D eigenvalue weighted by Crippen LogP contribution is -2.59. The molecule has 1 amide bonds. The Labute approximate surface area is 112 Å². The van der Waals surface area contributed by atoms with Gasteiger partial charge in [-0.3, -0.25) is 4.79 Å². The summed E-state index contributed by atoms with van der Waals surface area (Å²) in [5, 5.41) is 3.24. The molecule has 1 aromatic carbocycles. The van der Waals surface area contributed by atoms with Crippen LogP contribution in [0.15, 0.2) is 18.2 Å². The molecule has 1 N–H and O–H groups in total. The van der Waals surface area contributed by atoms with Gasteiger partial charge in [0.15, 0.2) is 0 Å². The fourth-order valence-corrected chi connectivity index (χ4v) is 2.30. The molecule has 0 spiro atoms. The zero-order chi connectivity index (χ0) is 14.0. The second-order valence-corrected chi connectivity index (χ2v) is 5.29. The SMILES string of the molecule is COc1ccc(C(=O)N2CCNCC2(C)C)c(F)c1. The van der Waals surface area contributed by atoms with Crippen LogP contribution in [0.5, 0.6) is 5.75 Å². The highest BCUT2D eigenvalue weighted by Gasteiger charge is 2.34. The molecule has 104 valence electrons. The normalized spacial score (nSPS) is 18.2. The van der Waals surface area contributed by atoms with E-state index in [-0.39, 0.29) is 17.0 Å². The topological polar surface area (TPSA) is 41.6 Å². The third kappa shape index (κ3) is 2.71. The Morgan fingerprint density at radius 2 is 2.21 bits per heavy atom. The van der Waals surface area contributed by atoms with Crippen LogP contribution in [0.3, 0.4) is 0 Å². The largest absolute Gasteiger partial charge is 0.497 e. The van der Waals surface area contributed by atoms with Crippen molar-refractivity contribution < 1.29 is 13.9 Å². The van der Waals surface area contributed by atoms with Crippen molar-refractivity contribution in [2.75, 3.05) is 26.7 Å². The molecule has 1 aliphatic rings. The number of carbonyl (C=O) groups excluding carboxylic acids is 1. The quantitative estimate of drug-likeness (QED) is 0.885. The van der Waals surface area contributed by atoms with Crippen LogP contribution in [0.4, 0.5) is 4.39 Å². The van der Waals surface area contributed by atoms with Crippen LogP contribution in [-0.4, -0.2) is 43.1 Å². The third-order valence-corrected chi connectivity index (χ3v) is 3.45. The highest BCUT2D eigenvalue weighted by Crippen LogP contribution is 2.23. The first-order valence-corrected chi connectivity index (χ1v) is 6.32. The van der Waals surface area contributed by atoms with Gasteiger partial charge in [-0.25, -0.2) is 4.39 Å². The Bertz CT molecular complexity index is 488. The summed E-state index contributed by atoms with van der Waals surface area (Å²) in [6.07, 6.45) is 0. The highest BCUT2D eigenvalue weighted by atomic mass is 19.1. The van der Waals surface area contributed by atoms with Crippen LogP contribution in [0.1, 0.15) is 24.2 Å². The number of rotatable bonds is 2. The Hall–Kier alpha value is -1.62. The number of nitrogens with one attached hydrogen (secondary N) is 1. The Kier molecular flexibility index (Phi) is 3.75. The van der Waals surface area contributed by atoms with Crippen molar-refractivity contribution in [2.24, 2.45) is 0 Å². The summed E-state index contributed by atoms with van der Waals surface area (Å²) in [6, 6.07) is 4.32. The van der Waals surface area contributed by atoms with Gasteiger partial charge < -0.3 is 15.0 Å². The Balaban J connectivity index is 2.28. The molecule has 0 unspecified atom stereocenters. The molecule has 0 bridgehead atoms. The summed E-state index contributed by atoms with van der Waals surface area (Å²) in [7, 11) is 1.47. The maximum absolute atomic E-state index is 14.0. The maximum atomic E-state index is 14.0.